The van der Waals surface area contributed by atoms with Gasteiger partial charge in [0, 0.05) is 25.0 Å². The van der Waals surface area contributed by atoms with E-state index >= 15 is 0 Å². The fraction of sp³-hybridized carbons (Fsp3) is 0.167. The second kappa shape index (κ2) is 4.26. The summed E-state index contributed by atoms with van der Waals surface area (Å²) in [5.41, 5.74) is 2.28. The topological polar surface area (TPSA) is 30.7 Å². The molecule has 3 nitrogen and oxygen atoms in total. The maximum absolute atomic E-state index is 12.9. The van der Waals surface area contributed by atoms with Crippen molar-refractivity contribution in [2.45, 2.75) is 6.92 Å². The Hall–Kier alpha value is -1.97. The third-order valence-electron chi connectivity index (χ3n) is 2.22. The number of nitrogens with zero attached hydrogens (tertiary/aromatic N) is 3. The van der Waals surface area contributed by atoms with Gasteiger partial charge in [-0.2, -0.15) is 9.49 Å². The van der Waals surface area contributed by atoms with Crippen molar-refractivity contribution < 1.29 is 4.39 Å². The molecule has 0 bridgehead atoms. The fourth-order valence-corrected chi connectivity index (χ4v) is 1.37. The van der Waals surface area contributed by atoms with Crippen molar-refractivity contribution in [1.29, 1.82) is 0 Å². The minimum absolute atomic E-state index is 0.421. The molecule has 0 saturated heterocycles. The Morgan fingerprint density at radius 1 is 1.38 bits per heavy atom. The number of aryl methyl sites for hydroxylation is 2. The van der Waals surface area contributed by atoms with Crippen LogP contribution in [0.4, 0.5) is 4.39 Å². The van der Waals surface area contributed by atoms with E-state index in [2.05, 4.69) is 10.1 Å². The average molecular weight is 217 g/mol. The van der Waals surface area contributed by atoms with E-state index in [-0.39, 0.29) is 0 Å². The lowest BCUT2D eigenvalue weighted by atomic mass is 10.2. The fourth-order valence-electron chi connectivity index (χ4n) is 1.37. The van der Waals surface area contributed by atoms with Crippen LogP contribution in [0.3, 0.4) is 0 Å². The number of halogens is 1. The minimum Gasteiger partial charge on any atom is -0.275 e. The molecule has 0 atom stereocenters. The summed E-state index contributed by atoms with van der Waals surface area (Å²) in [6.45, 7) is 1.69. The van der Waals surface area contributed by atoms with Crippen molar-refractivity contribution >= 4 is 12.2 Å². The number of hydrogen-bond donors (Lipinski definition) is 0. The molecule has 2 aromatic heterocycles. The number of hydrogen-bond acceptors (Lipinski definition) is 2. The predicted molar refractivity (Wildman–Crippen MR) is 61.1 cm³/mol. The first-order valence-electron chi connectivity index (χ1n) is 4.95. The summed E-state index contributed by atoms with van der Waals surface area (Å²) in [6.07, 6.45) is 7.10. The van der Waals surface area contributed by atoms with Crippen molar-refractivity contribution in [2.75, 3.05) is 0 Å². The summed E-state index contributed by atoms with van der Waals surface area (Å²) in [7, 11) is 1.86. The summed E-state index contributed by atoms with van der Waals surface area (Å²) in [6, 6.07) is 3.65. The van der Waals surface area contributed by atoms with Crippen LogP contribution in [0.25, 0.3) is 12.2 Å². The summed E-state index contributed by atoms with van der Waals surface area (Å²) in [5, 5.41) is 4.20. The molecule has 0 spiro atoms. The van der Waals surface area contributed by atoms with Crippen molar-refractivity contribution in [1.82, 2.24) is 14.8 Å². The first-order valence-corrected chi connectivity index (χ1v) is 4.95. The lowest BCUT2D eigenvalue weighted by molar-refractivity contribution is 0.574. The SMILES string of the molecule is Cc1cc(/C=C/c2ccn(C)n2)cnc1F. The van der Waals surface area contributed by atoms with Crippen molar-refractivity contribution in [3.05, 3.63) is 47.3 Å². The first kappa shape index (κ1) is 10.5. The monoisotopic (exact) mass is 217 g/mol. The molecule has 82 valence electrons. The molecule has 2 aromatic rings. The Morgan fingerprint density at radius 3 is 2.81 bits per heavy atom. The molecule has 0 unspecified atom stereocenters. The van der Waals surface area contributed by atoms with E-state index < -0.39 is 5.95 Å². The maximum atomic E-state index is 12.9. The number of rotatable bonds is 2. The van der Waals surface area contributed by atoms with Gasteiger partial charge < -0.3 is 0 Å². The van der Waals surface area contributed by atoms with Gasteiger partial charge in [0.2, 0.25) is 5.95 Å². The van der Waals surface area contributed by atoms with Crippen LogP contribution in [-0.2, 0) is 7.05 Å². The van der Waals surface area contributed by atoms with Crippen LogP contribution in [0.2, 0.25) is 0 Å². The zero-order chi connectivity index (χ0) is 11.5. The lowest BCUT2D eigenvalue weighted by Gasteiger charge is -1.96. The van der Waals surface area contributed by atoms with Crippen LogP contribution in [0.15, 0.2) is 24.5 Å². The summed E-state index contributed by atoms with van der Waals surface area (Å²) < 4.78 is 14.6. The highest BCUT2D eigenvalue weighted by molar-refractivity contribution is 5.67. The van der Waals surface area contributed by atoms with Gasteiger partial charge in [-0.05, 0) is 30.7 Å². The standard InChI is InChI=1S/C12H12FN3/c1-9-7-10(8-14-12(9)13)3-4-11-5-6-16(2)15-11/h3-8H,1-2H3/b4-3+. The van der Waals surface area contributed by atoms with Gasteiger partial charge in [0.1, 0.15) is 0 Å². The van der Waals surface area contributed by atoms with Gasteiger partial charge in [-0.15, -0.1) is 0 Å². The molecule has 0 saturated carbocycles. The van der Waals surface area contributed by atoms with Crippen molar-refractivity contribution in [2.24, 2.45) is 7.05 Å². The van der Waals surface area contributed by atoms with Gasteiger partial charge >= 0.3 is 0 Å². The normalized spacial score (nSPS) is 11.2. The molecule has 2 rings (SSSR count). The molecule has 0 amide bonds. The van der Waals surface area contributed by atoms with Gasteiger partial charge in [0.25, 0.3) is 0 Å². The highest BCUT2D eigenvalue weighted by Crippen LogP contribution is 2.09. The Bertz CT molecular complexity index is 529. The zero-order valence-corrected chi connectivity index (χ0v) is 9.18. The largest absolute Gasteiger partial charge is 0.275 e. The zero-order valence-electron chi connectivity index (χ0n) is 9.18. The second-order valence-electron chi connectivity index (χ2n) is 3.62. The van der Waals surface area contributed by atoms with Crippen molar-refractivity contribution in [3.8, 4) is 0 Å². The molecule has 0 aliphatic heterocycles. The maximum Gasteiger partial charge on any atom is 0.215 e. The Labute approximate surface area is 93.3 Å². The van der Waals surface area contributed by atoms with E-state index in [0.717, 1.165) is 11.3 Å². The van der Waals surface area contributed by atoms with Crippen LogP contribution in [0.5, 0.6) is 0 Å². The van der Waals surface area contributed by atoms with E-state index in [9.17, 15) is 4.39 Å². The third-order valence-corrected chi connectivity index (χ3v) is 2.22. The number of aromatic nitrogens is 3. The molecular formula is C12H12FN3. The summed E-state index contributed by atoms with van der Waals surface area (Å²) >= 11 is 0. The highest BCUT2D eigenvalue weighted by Gasteiger charge is 1.98. The Balaban J connectivity index is 2.20. The smallest absolute Gasteiger partial charge is 0.215 e. The Morgan fingerprint density at radius 2 is 2.19 bits per heavy atom. The molecule has 16 heavy (non-hydrogen) atoms. The molecule has 0 radical (unpaired) electrons. The van der Waals surface area contributed by atoms with E-state index in [1.54, 1.807) is 17.7 Å². The van der Waals surface area contributed by atoms with Gasteiger partial charge in [0.15, 0.2) is 0 Å². The van der Waals surface area contributed by atoms with Gasteiger partial charge in [-0.1, -0.05) is 6.08 Å². The average Bonchev–Trinajstić information content (AvgIpc) is 2.66. The van der Waals surface area contributed by atoms with E-state index in [1.165, 1.54) is 6.20 Å². The molecule has 0 N–H and O–H groups in total. The van der Waals surface area contributed by atoms with Crippen LogP contribution in [-0.4, -0.2) is 14.8 Å². The molecule has 0 aromatic carbocycles. The summed E-state index contributed by atoms with van der Waals surface area (Å²) in [5.74, 6) is -0.421. The van der Waals surface area contributed by atoms with Gasteiger partial charge in [-0.3, -0.25) is 4.68 Å². The van der Waals surface area contributed by atoms with E-state index in [4.69, 9.17) is 0 Å². The van der Waals surface area contributed by atoms with Crippen molar-refractivity contribution in [3.63, 3.8) is 0 Å². The van der Waals surface area contributed by atoms with Crippen LogP contribution in [0.1, 0.15) is 16.8 Å². The highest BCUT2D eigenvalue weighted by atomic mass is 19.1. The minimum atomic E-state index is -0.421. The van der Waals surface area contributed by atoms with Crippen LogP contribution >= 0.6 is 0 Å². The first-order chi connectivity index (χ1) is 7.65. The lowest BCUT2D eigenvalue weighted by Crippen LogP contribution is -1.88. The molecule has 4 heteroatoms. The molecule has 0 fully saturated rings. The molecule has 2 heterocycles. The second-order valence-corrected chi connectivity index (χ2v) is 3.62. The Kier molecular flexibility index (Phi) is 2.81. The molecular weight excluding hydrogens is 205 g/mol. The van der Waals surface area contributed by atoms with E-state index in [1.807, 2.05) is 31.5 Å². The predicted octanol–water partition coefficient (Wildman–Crippen LogP) is 2.43. The van der Waals surface area contributed by atoms with E-state index in [0.29, 0.717) is 5.56 Å². The molecule has 0 aliphatic carbocycles. The molecule has 0 aliphatic rings. The number of pyridine rings is 1. The van der Waals surface area contributed by atoms with Crippen LogP contribution in [0, 0.1) is 12.9 Å². The quantitative estimate of drug-likeness (QED) is 0.723. The van der Waals surface area contributed by atoms with Gasteiger partial charge in [0.05, 0.1) is 5.69 Å². The van der Waals surface area contributed by atoms with Gasteiger partial charge in [-0.25, -0.2) is 4.98 Å². The summed E-state index contributed by atoms with van der Waals surface area (Å²) in [4.78, 5) is 3.65. The van der Waals surface area contributed by atoms with Crippen LogP contribution < -0.4 is 0 Å². The third kappa shape index (κ3) is 2.34.